The number of hydrogen-bond donors (Lipinski definition) is 1. The molecule has 0 saturated carbocycles. The summed E-state index contributed by atoms with van der Waals surface area (Å²) in [5.41, 5.74) is 14.1. The second kappa shape index (κ2) is 15.1. The highest BCUT2D eigenvalue weighted by Crippen LogP contribution is 2.42. The van der Waals surface area contributed by atoms with E-state index in [-0.39, 0.29) is 6.04 Å². The lowest BCUT2D eigenvalue weighted by molar-refractivity contribution is 0.484. The molecule has 0 fully saturated rings. The molecule has 11 heteroatoms. The van der Waals surface area contributed by atoms with E-state index in [1.54, 1.807) is 0 Å². The fourth-order valence-corrected chi connectivity index (χ4v) is 9.94. The number of nitrogens with zero attached hydrogens (tertiary/aromatic N) is 6. The Morgan fingerprint density at radius 3 is 1.92 bits per heavy atom. The Morgan fingerprint density at radius 2 is 1.21 bits per heavy atom. The largest absolute Gasteiger partial charge is 0.509 e. The number of allylic oxidation sites excluding steroid dienone is 6. The van der Waals surface area contributed by atoms with E-state index in [0.29, 0.717) is 29.8 Å². The Bertz CT molecular complexity index is 3470. The van der Waals surface area contributed by atoms with Crippen LogP contribution in [0.15, 0.2) is 176 Å². The van der Waals surface area contributed by atoms with Crippen molar-refractivity contribution in [2.24, 2.45) is 0 Å². The monoisotopic (exact) mass is 810 g/mol. The fraction of sp³-hybridized carbons (Fsp3) is 0.0577. The average Bonchev–Trinajstić information content (AvgIpc) is 3.86. The van der Waals surface area contributed by atoms with Gasteiger partial charge in [-0.3, -0.25) is 4.57 Å². The van der Waals surface area contributed by atoms with Gasteiger partial charge >= 0.3 is 0 Å². The van der Waals surface area contributed by atoms with Gasteiger partial charge in [0.25, 0.3) is 0 Å². The van der Waals surface area contributed by atoms with Crippen molar-refractivity contribution in [3.8, 4) is 28.8 Å². The molecule has 0 spiro atoms. The van der Waals surface area contributed by atoms with Gasteiger partial charge in [-0.2, -0.15) is 9.97 Å². The van der Waals surface area contributed by atoms with E-state index in [1.165, 1.54) is 5.57 Å². The second-order valence-electron chi connectivity index (χ2n) is 16.8. The lowest BCUT2D eigenvalue weighted by atomic mass is 9.67. The number of fused-ring (bicyclic) bond motifs is 8. The van der Waals surface area contributed by atoms with Crippen LogP contribution in [-0.2, 0) is 0 Å². The first-order valence-corrected chi connectivity index (χ1v) is 21.6. The highest BCUT2D eigenvalue weighted by molar-refractivity contribution is 6.61. The third-order valence-electron chi connectivity index (χ3n) is 13.3. The summed E-state index contributed by atoms with van der Waals surface area (Å²) in [4.78, 5) is 18.5. The third kappa shape index (κ3) is 6.13. The third-order valence-corrected chi connectivity index (χ3v) is 13.3. The minimum absolute atomic E-state index is 0.0650. The average molecular weight is 810 g/mol. The summed E-state index contributed by atoms with van der Waals surface area (Å²) in [5, 5.41) is 16.0. The van der Waals surface area contributed by atoms with Gasteiger partial charge in [-0.05, 0) is 54.2 Å². The highest BCUT2D eigenvalue weighted by Gasteiger charge is 2.29. The van der Waals surface area contributed by atoms with Crippen molar-refractivity contribution in [1.82, 2.24) is 24.1 Å². The quantitative estimate of drug-likeness (QED) is 0.246. The number of aromatic nitrogens is 5. The van der Waals surface area contributed by atoms with Gasteiger partial charge in [0.2, 0.25) is 5.95 Å². The van der Waals surface area contributed by atoms with Gasteiger partial charge in [0.1, 0.15) is 37.1 Å². The van der Waals surface area contributed by atoms with Crippen LogP contribution in [0.25, 0.3) is 72.2 Å². The summed E-state index contributed by atoms with van der Waals surface area (Å²) < 4.78 is 4.60. The maximum absolute atomic E-state index is 11.6. The van der Waals surface area contributed by atoms with E-state index < -0.39 is 0 Å². The van der Waals surface area contributed by atoms with Gasteiger partial charge in [0.05, 0.1) is 28.1 Å². The zero-order valence-corrected chi connectivity index (χ0v) is 35.8. The summed E-state index contributed by atoms with van der Waals surface area (Å²) >= 11 is 0. The summed E-state index contributed by atoms with van der Waals surface area (Å²) in [6.07, 6.45) is 14.4. The van der Waals surface area contributed by atoms with Crippen molar-refractivity contribution in [1.29, 1.82) is 0 Å². The Kier molecular flexibility index (Phi) is 9.23. The number of phenols is 1. The Morgan fingerprint density at radius 1 is 0.587 bits per heavy atom. The lowest BCUT2D eigenvalue weighted by Gasteiger charge is -2.36. The van der Waals surface area contributed by atoms with Crippen molar-refractivity contribution < 1.29 is 5.11 Å². The van der Waals surface area contributed by atoms with E-state index in [2.05, 4.69) is 176 Å². The van der Waals surface area contributed by atoms with Crippen molar-refractivity contribution >= 4 is 108 Å². The molecule has 1 atom stereocenters. The number of rotatable bonds is 5. The van der Waals surface area contributed by atoms with Crippen LogP contribution in [0.2, 0.25) is 0 Å². The van der Waals surface area contributed by atoms with Crippen LogP contribution in [0, 0.1) is 0 Å². The molecule has 11 rings (SSSR count). The van der Waals surface area contributed by atoms with Gasteiger partial charge in [-0.25, -0.2) is 4.98 Å². The summed E-state index contributed by atoms with van der Waals surface area (Å²) in [6.45, 7) is 4.56. The van der Waals surface area contributed by atoms with Gasteiger partial charge in [-0.15, -0.1) is 0 Å². The molecule has 0 bridgehead atoms. The number of benzene rings is 6. The molecule has 0 radical (unpaired) electrons. The number of anilines is 1. The number of phenolic OH excluding ortho intramolecular Hbond substituents is 1. The Balaban J connectivity index is 1.21. The second-order valence-corrected chi connectivity index (χ2v) is 16.8. The molecule has 1 N–H and O–H groups in total. The SMILES string of the molecule is Bc1c(B)c(O)c(B)c(-n2c3ccccc3c3ccc4c5ccccc5n(-c5nc(/C6=C/C=C\C(=C)N(c7ccccc7)C7CC=CC=C7C6)nc(-c6ccccc6)n5)c4c32)c1B. The maximum Gasteiger partial charge on any atom is 0.238 e. The topological polar surface area (TPSA) is 72.0 Å². The number of hydrogen-bond acceptors (Lipinski definition) is 5. The zero-order chi connectivity index (χ0) is 42.9. The molecule has 1 aliphatic carbocycles. The maximum atomic E-state index is 11.6. The molecule has 298 valence electrons. The van der Waals surface area contributed by atoms with E-state index in [1.807, 2.05) is 33.9 Å². The first-order chi connectivity index (χ1) is 30.8. The Hall–Kier alpha value is -7.51. The predicted molar refractivity (Wildman–Crippen MR) is 274 cm³/mol. The van der Waals surface area contributed by atoms with Crippen molar-refractivity contribution in [2.45, 2.75) is 18.9 Å². The molecular weight excluding hydrogens is 768 g/mol. The molecule has 0 saturated heterocycles. The summed E-state index contributed by atoms with van der Waals surface area (Å²) in [6, 6.07) is 42.4. The summed E-state index contributed by atoms with van der Waals surface area (Å²) in [7, 11) is 8.30. The van der Waals surface area contributed by atoms with Crippen LogP contribution in [0.1, 0.15) is 18.7 Å². The van der Waals surface area contributed by atoms with E-state index in [9.17, 15) is 5.11 Å². The van der Waals surface area contributed by atoms with Gasteiger partial charge in [0, 0.05) is 49.8 Å². The van der Waals surface area contributed by atoms with Gasteiger partial charge in [-0.1, -0.05) is 150 Å². The predicted octanol–water partition coefficient (Wildman–Crippen LogP) is 5.09. The molecule has 2 aliphatic rings. The standard InChI is InChI=1S/C52H42B4N6O/c1-30-15-14-19-33(29-32-18-8-11-24-39(32)60(30)34-20-6-3-7-21-34)51-57-50(31-16-4-2-5-17-31)58-52(59-51)62-41-26-13-10-23-36(41)38-28-27-37-35-22-9-12-25-40(35)61(46(37)47(38)62)48-43(54)42(53)44(55)49(63)45(48)56/h2-23,25-28,39,63H,1,24,29,53-56H2/b15-14-,33-19+. The molecule has 63 heavy (non-hydrogen) atoms. The number of aromatic hydroxyl groups is 1. The minimum Gasteiger partial charge on any atom is -0.509 e. The number of para-hydroxylation sites is 3. The molecule has 7 nitrogen and oxygen atoms in total. The van der Waals surface area contributed by atoms with E-state index >= 15 is 0 Å². The molecule has 1 unspecified atom stereocenters. The zero-order valence-electron chi connectivity index (χ0n) is 35.8. The Labute approximate surface area is 369 Å². The van der Waals surface area contributed by atoms with Crippen LogP contribution in [0.5, 0.6) is 5.75 Å². The van der Waals surface area contributed by atoms with Crippen LogP contribution in [0.3, 0.4) is 0 Å². The van der Waals surface area contributed by atoms with Crippen LogP contribution < -0.4 is 26.8 Å². The first kappa shape index (κ1) is 38.4. The molecule has 1 aliphatic heterocycles. The molecule has 6 aromatic carbocycles. The minimum atomic E-state index is 0.0650. The molecule has 3 aromatic heterocycles. The van der Waals surface area contributed by atoms with Crippen molar-refractivity contribution in [3.63, 3.8) is 0 Å². The molecular formula is C52H42B4N6O. The van der Waals surface area contributed by atoms with Crippen molar-refractivity contribution in [3.05, 3.63) is 181 Å². The van der Waals surface area contributed by atoms with Crippen LogP contribution >= 0.6 is 0 Å². The first-order valence-electron chi connectivity index (χ1n) is 21.6. The normalized spacial score (nSPS) is 16.7. The molecule has 4 heterocycles. The summed E-state index contributed by atoms with van der Waals surface area (Å²) in [5.74, 6) is 2.05. The lowest BCUT2D eigenvalue weighted by Crippen LogP contribution is -2.45. The van der Waals surface area contributed by atoms with Gasteiger partial charge < -0.3 is 14.6 Å². The smallest absolute Gasteiger partial charge is 0.238 e. The molecule has 0 amide bonds. The van der Waals surface area contributed by atoms with E-state index in [4.69, 9.17) is 15.0 Å². The van der Waals surface area contributed by atoms with Crippen LogP contribution in [0.4, 0.5) is 5.69 Å². The molecule has 9 aromatic rings. The van der Waals surface area contributed by atoms with Gasteiger partial charge in [0.15, 0.2) is 11.6 Å². The highest BCUT2D eigenvalue weighted by atomic mass is 16.3. The fourth-order valence-electron chi connectivity index (χ4n) is 9.94. The van der Waals surface area contributed by atoms with Crippen molar-refractivity contribution in [2.75, 3.05) is 4.90 Å². The van der Waals surface area contributed by atoms with Crippen LogP contribution in [-0.4, -0.2) is 66.6 Å². The van der Waals surface area contributed by atoms with E-state index in [0.717, 1.165) is 100 Å².